The lowest BCUT2D eigenvalue weighted by Gasteiger charge is -2.32. The van der Waals surface area contributed by atoms with Crippen molar-refractivity contribution >= 4 is 0 Å². The van der Waals surface area contributed by atoms with E-state index in [0.29, 0.717) is 11.3 Å². The average molecular weight is 261 g/mol. The van der Waals surface area contributed by atoms with E-state index in [2.05, 4.69) is 52.0 Å². The van der Waals surface area contributed by atoms with Crippen LogP contribution in [0.25, 0.3) is 0 Å². The van der Waals surface area contributed by atoms with Crippen LogP contribution in [-0.2, 0) is 6.42 Å². The summed E-state index contributed by atoms with van der Waals surface area (Å²) in [6.45, 7) is 9.83. The number of hydrogen-bond donors (Lipinski definition) is 1. The third-order valence-corrected chi connectivity index (χ3v) is 4.47. The SMILES string of the molecule is CCCCC(CC)(CN)Cc1ccc(C(C)C)cc1. The second kappa shape index (κ2) is 7.69. The van der Waals surface area contributed by atoms with E-state index in [1.54, 1.807) is 0 Å². The van der Waals surface area contributed by atoms with Gasteiger partial charge in [0.1, 0.15) is 0 Å². The number of unbranched alkanes of at least 4 members (excludes halogenated alkanes) is 1. The molecule has 1 aromatic rings. The van der Waals surface area contributed by atoms with Gasteiger partial charge in [-0.05, 0) is 48.3 Å². The van der Waals surface area contributed by atoms with Crippen LogP contribution in [0.4, 0.5) is 0 Å². The molecule has 0 aliphatic heterocycles. The van der Waals surface area contributed by atoms with E-state index in [1.807, 2.05) is 0 Å². The largest absolute Gasteiger partial charge is 0.330 e. The van der Waals surface area contributed by atoms with Gasteiger partial charge in [-0.25, -0.2) is 0 Å². The van der Waals surface area contributed by atoms with Crippen molar-refractivity contribution in [3.05, 3.63) is 35.4 Å². The van der Waals surface area contributed by atoms with E-state index in [1.165, 1.54) is 36.8 Å². The lowest BCUT2D eigenvalue weighted by molar-refractivity contribution is 0.251. The van der Waals surface area contributed by atoms with Gasteiger partial charge in [0.15, 0.2) is 0 Å². The van der Waals surface area contributed by atoms with Crippen LogP contribution in [0, 0.1) is 5.41 Å². The van der Waals surface area contributed by atoms with Crippen LogP contribution in [0.3, 0.4) is 0 Å². The molecule has 1 rings (SSSR count). The highest BCUT2D eigenvalue weighted by Gasteiger charge is 2.26. The molecule has 0 spiro atoms. The summed E-state index contributed by atoms with van der Waals surface area (Å²) >= 11 is 0. The first-order chi connectivity index (χ1) is 9.06. The minimum atomic E-state index is 0.301. The second-order valence-electron chi connectivity index (χ2n) is 6.23. The highest BCUT2D eigenvalue weighted by atomic mass is 14.6. The minimum Gasteiger partial charge on any atom is -0.330 e. The highest BCUT2D eigenvalue weighted by molar-refractivity contribution is 5.25. The van der Waals surface area contributed by atoms with Crippen LogP contribution in [-0.4, -0.2) is 6.54 Å². The first-order valence-corrected chi connectivity index (χ1v) is 7.85. The Morgan fingerprint density at radius 1 is 1.11 bits per heavy atom. The molecule has 2 N–H and O–H groups in total. The zero-order valence-electron chi connectivity index (χ0n) is 13.2. The number of benzene rings is 1. The van der Waals surface area contributed by atoms with E-state index >= 15 is 0 Å². The maximum absolute atomic E-state index is 6.09. The molecular formula is C18H31N. The standard InChI is InChI=1S/C18H31N/c1-5-7-12-18(6-2,14-19)13-16-8-10-17(11-9-16)15(3)4/h8-11,15H,5-7,12-14,19H2,1-4H3. The summed E-state index contributed by atoms with van der Waals surface area (Å²) in [7, 11) is 0. The van der Waals surface area contributed by atoms with Crippen molar-refractivity contribution in [2.45, 2.75) is 65.7 Å². The van der Waals surface area contributed by atoms with Crippen LogP contribution in [0.1, 0.15) is 70.4 Å². The van der Waals surface area contributed by atoms with Gasteiger partial charge < -0.3 is 5.73 Å². The Hall–Kier alpha value is -0.820. The third-order valence-electron chi connectivity index (χ3n) is 4.47. The number of hydrogen-bond acceptors (Lipinski definition) is 1. The van der Waals surface area contributed by atoms with E-state index in [-0.39, 0.29) is 0 Å². The van der Waals surface area contributed by atoms with Gasteiger partial charge in [0.05, 0.1) is 0 Å². The van der Waals surface area contributed by atoms with E-state index in [0.717, 1.165) is 13.0 Å². The Morgan fingerprint density at radius 3 is 2.16 bits per heavy atom. The van der Waals surface area contributed by atoms with Crippen LogP contribution < -0.4 is 5.73 Å². The zero-order chi connectivity index (χ0) is 14.3. The summed E-state index contributed by atoms with van der Waals surface area (Å²) in [6.07, 6.45) is 6.10. The van der Waals surface area contributed by atoms with Gasteiger partial charge in [-0.2, -0.15) is 0 Å². The summed E-state index contributed by atoms with van der Waals surface area (Å²) in [5.74, 6) is 0.611. The quantitative estimate of drug-likeness (QED) is 0.708. The smallest absolute Gasteiger partial charge is 0.00174 e. The van der Waals surface area contributed by atoms with Crippen LogP contribution >= 0.6 is 0 Å². The molecule has 1 unspecified atom stereocenters. The molecule has 1 nitrogen and oxygen atoms in total. The topological polar surface area (TPSA) is 26.0 Å². The molecule has 108 valence electrons. The molecule has 0 radical (unpaired) electrons. The maximum atomic E-state index is 6.09. The molecule has 1 atom stereocenters. The van der Waals surface area contributed by atoms with Gasteiger partial charge in [-0.1, -0.05) is 64.8 Å². The molecule has 0 aromatic heterocycles. The molecule has 1 heteroatoms. The Bertz CT molecular complexity index is 346. The molecule has 0 fully saturated rings. The average Bonchev–Trinajstić information content (AvgIpc) is 2.44. The summed E-state index contributed by atoms with van der Waals surface area (Å²) in [6, 6.07) is 9.14. The Balaban J connectivity index is 2.78. The lowest BCUT2D eigenvalue weighted by atomic mass is 9.75. The predicted molar refractivity (Wildman–Crippen MR) is 85.5 cm³/mol. The summed E-state index contributed by atoms with van der Waals surface area (Å²) < 4.78 is 0. The van der Waals surface area contributed by atoms with Crippen LogP contribution in [0.5, 0.6) is 0 Å². The molecule has 19 heavy (non-hydrogen) atoms. The molecule has 0 amide bonds. The van der Waals surface area contributed by atoms with Gasteiger partial charge in [-0.3, -0.25) is 0 Å². The molecule has 0 aliphatic rings. The first-order valence-electron chi connectivity index (χ1n) is 7.85. The van der Waals surface area contributed by atoms with Gasteiger partial charge in [0.25, 0.3) is 0 Å². The molecule has 1 aromatic carbocycles. The van der Waals surface area contributed by atoms with Crippen molar-refractivity contribution in [1.82, 2.24) is 0 Å². The summed E-state index contributed by atoms with van der Waals surface area (Å²) in [5, 5.41) is 0. The van der Waals surface area contributed by atoms with Crippen LogP contribution in [0.2, 0.25) is 0 Å². The lowest BCUT2D eigenvalue weighted by Crippen LogP contribution is -2.32. The van der Waals surface area contributed by atoms with Gasteiger partial charge in [0, 0.05) is 0 Å². The molecular weight excluding hydrogens is 230 g/mol. The van der Waals surface area contributed by atoms with E-state index in [9.17, 15) is 0 Å². The van der Waals surface area contributed by atoms with Crippen molar-refractivity contribution in [2.75, 3.05) is 6.54 Å². The van der Waals surface area contributed by atoms with Gasteiger partial charge in [0.2, 0.25) is 0 Å². The molecule has 0 saturated heterocycles. The Labute approximate surface area is 119 Å². The monoisotopic (exact) mass is 261 g/mol. The van der Waals surface area contributed by atoms with Crippen molar-refractivity contribution in [3.8, 4) is 0 Å². The molecule has 0 bridgehead atoms. The summed E-state index contributed by atoms with van der Waals surface area (Å²) in [4.78, 5) is 0. The number of rotatable bonds is 8. The van der Waals surface area contributed by atoms with Crippen molar-refractivity contribution < 1.29 is 0 Å². The molecule has 0 saturated carbocycles. The van der Waals surface area contributed by atoms with E-state index < -0.39 is 0 Å². The minimum absolute atomic E-state index is 0.301. The highest BCUT2D eigenvalue weighted by Crippen LogP contribution is 2.32. The number of nitrogens with two attached hydrogens (primary N) is 1. The van der Waals surface area contributed by atoms with Crippen molar-refractivity contribution in [1.29, 1.82) is 0 Å². The predicted octanol–water partition coefficient (Wildman–Crippen LogP) is 4.90. The maximum Gasteiger partial charge on any atom is -0.00174 e. The van der Waals surface area contributed by atoms with Crippen molar-refractivity contribution in [2.24, 2.45) is 11.1 Å². The zero-order valence-corrected chi connectivity index (χ0v) is 13.2. The normalized spacial score (nSPS) is 14.6. The van der Waals surface area contributed by atoms with Gasteiger partial charge >= 0.3 is 0 Å². The summed E-state index contributed by atoms with van der Waals surface area (Å²) in [5.41, 5.74) is 9.25. The van der Waals surface area contributed by atoms with Crippen molar-refractivity contribution in [3.63, 3.8) is 0 Å². The first kappa shape index (κ1) is 16.2. The van der Waals surface area contributed by atoms with Crippen LogP contribution in [0.15, 0.2) is 24.3 Å². The second-order valence-corrected chi connectivity index (χ2v) is 6.23. The fourth-order valence-electron chi connectivity index (χ4n) is 2.71. The Kier molecular flexibility index (Phi) is 6.57. The Morgan fingerprint density at radius 2 is 1.74 bits per heavy atom. The fourth-order valence-corrected chi connectivity index (χ4v) is 2.71. The van der Waals surface area contributed by atoms with Gasteiger partial charge in [-0.15, -0.1) is 0 Å². The molecule has 0 aliphatic carbocycles. The molecule has 0 heterocycles. The fraction of sp³-hybridized carbons (Fsp3) is 0.667. The third kappa shape index (κ3) is 4.65. The van der Waals surface area contributed by atoms with E-state index in [4.69, 9.17) is 5.73 Å².